The zero-order valence-corrected chi connectivity index (χ0v) is 72.5. The molecule has 23 nitrogen and oxygen atoms in total. The summed E-state index contributed by atoms with van der Waals surface area (Å²) >= 11 is 59.0. The summed E-state index contributed by atoms with van der Waals surface area (Å²) in [4.78, 5) is 64.3. The molecule has 0 fully saturated rings. The summed E-state index contributed by atoms with van der Waals surface area (Å²) < 4.78 is 79.6. The molecule has 0 spiro atoms. The summed E-state index contributed by atoms with van der Waals surface area (Å²) in [5.74, 6) is 0.527. The van der Waals surface area contributed by atoms with E-state index in [1.54, 1.807) is 41.3 Å². The molecule has 0 aliphatic heterocycles. The molecule has 0 aliphatic carbocycles. The Kier molecular flexibility index (Phi) is 88.9. The van der Waals surface area contributed by atoms with Gasteiger partial charge in [0.25, 0.3) is 19.3 Å². The minimum absolute atomic E-state index is 0. The first kappa shape index (κ1) is 113. The number of Topliss-reactive ketones (excluding diaryl/α,β-unsaturated/α-hetero) is 1. The van der Waals surface area contributed by atoms with Crippen LogP contribution in [0.1, 0.15) is 151 Å². The van der Waals surface area contributed by atoms with Crippen molar-refractivity contribution in [1.29, 1.82) is 0 Å². The van der Waals surface area contributed by atoms with Gasteiger partial charge >= 0.3 is 82.8 Å². The molecule has 0 saturated carbocycles. The second kappa shape index (κ2) is 71.7. The number of aldehydes is 2. The molecule has 0 radical (unpaired) electrons. The first-order valence-electron chi connectivity index (χ1n) is 23.1. The normalized spacial score (nSPS) is 9.53. The standard InChI is InChI=1S/C6H6Cl2N2O2.C6H6Cl2N2O.2C6H6F2N2O2.C6H6F2N2O.C4H8Cl2N2.C3H4Cl2O.C2H5I.C2H6.3CH3I.CH6N2.CH4.3HI.V/c1-10-2-3(6(11)12)4(9-10)5(7)8;1-10-2-4(3-11)5(9-10)6(7)8;2*1-10-2-3(6(11)12)4(9-10)5(7)8;1-10-2-4(3-11)5(9-10)6(7)8;1-3(4(5)6)8-7-2;1-2(6)3(4)5;1-2-3;4*1-2;1-3-2;;;;;/h2,5H,1H3,(H,11,12);2-3,6H,1H3;2*2,5H,1H3,(H,11,12);2-3,6H,1H3;4,7H,1-2H3;3H,1H3;2H2,1H3;1-2H3;3*1H3;3H,2H2,1H3;1H4;3*1H;/q;;;;;;;;;;;;;;;;;+3/p-3. The summed E-state index contributed by atoms with van der Waals surface area (Å²) in [6.07, 6.45) is -1.06. The van der Waals surface area contributed by atoms with Gasteiger partial charge in [0.15, 0.2) is 32.9 Å². The third-order valence-corrected chi connectivity index (χ3v) is 9.31. The van der Waals surface area contributed by atoms with E-state index in [-0.39, 0.29) is 35.0 Å². The summed E-state index contributed by atoms with van der Waals surface area (Å²) in [6, 6.07) is 0. The summed E-state index contributed by atoms with van der Waals surface area (Å²) in [5.41, 5.74) is 3.75. The van der Waals surface area contributed by atoms with E-state index in [0.717, 1.165) is 21.8 Å². The number of carbonyl (C=O) groups is 6. The van der Waals surface area contributed by atoms with Gasteiger partial charge in [0.2, 0.25) is 0 Å². The topological polar surface area (TPSA) is 315 Å². The fraction of sp³-hybridized carbons (Fsp3) is 0.522. The number of hydrazine groups is 1. The van der Waals surface area contributed by atoms with Gasteiger partial charge in [0.1, 0.15) is 50.0 Å². The van der Waals surface area contributed by atoms with Crippen molar-refractivity contribution >= 4 is 285 Å². The predicted molar refractivity (Wildman–Crippen MR) is 413 cm³/mol. The Morgan fingerprint density at radius 2 is 0.769 bits per heavy atom. The van der Waals surface area contributed by atoms with Crippen molar-refractivity contribution in [3.8, 4) is 0 Å². The van der Waals surface area contributed by atoms with Gasteiger partial charge in [0, 0.05) is 73.3 Å². The molecule has 0 unspecified atom stereocenters. The van der Waals surface area contributed by atoms with E-state index in [2.05, 4.69) is 205 Å². The summed E-state index contributed by atoms with van der Waals surface area (Å²) in [7, 11) is 10.9. The molecule has 5 aromatic heterocycles. The molecule has 0 atom stereocenters. The fourth-order valence-corrected chi connectivity index (χ4v) is 5.05. The van der Waals surface area contributed by atoms with Crippen molar-refractivity contribution in [1.82, 2.24) is 59.8 Å². The number of halogens is 21. The van der Waals surface area contributed by atoms with Gasteiger partial charge in [-0.3, -0.25) is 49.1 Å². The number of carboxylic acid groups (broad SMARTS) is 3. The van der Waals surface area contributed by atoms with Crippen LogP contribution in [-0.2, 0) is 45.0 Å². The summed E-state index contributed by atoms with van der Waals surface area (Å²) in [5, 5.41) is 47.0. The Balaban J connectivity index is -0.000000101. The number of carbonyl (C=O) groups excluding carboxylic acids is 3. The Labute approximate surface area is 658 Å². The Hall–Kier alpha value is 0.454. The minimum atomic E-state index is -2.85. The van der Waals surface area contributed by atoms with Crippen LogP contribution in [0.4, 0.5) is 26.3 Å². The molecule has 45 heteroatoms. The van der Waals surface area contributed by atoms with E-state index in [1.165, 1.54) is 58.9 Å². The first-order chi connectivity index (χ1) is 41.7. The molecule has 0 aromatic carbocycles. The number of carboxylic acids is 3. The van der Waals surface area contributed by atoms with Gasteiger partial charge < -0.3 is 20.7 Å². The molecule has 5 heterocycles. The maximum atomic E-state index is 12.1. The van der Waals surface area contributed by atoms with Crippen molar-refractivity contribution in [2.24, 2.45) is 46.2 Å². The molecule has 5 rings (SSSR count). The van der Waals surface area contributed by atoms with Crippen LogP contribution in [-0.4, -0.2) is 149 Å². The molecular formula is C46H72Cl8F6I7N14O9V. The van der Waals surface area contributed by atoms with E-state index in [9.17, 15) is 55.1 Å². The van der Waals surface area contributed by atoms with Crippen LogP contribution in [0.25, 0.3) is 0 Å². The average molecular weight is 2300 g/mol. The molecule has 0 amide bonds. The zero-order chi connectivity index (χ0) is 73.5. The van der Waals surface area contributed by atoms with Crippen LogP contribution in [0.3, 0.4) is 0 Å². The number of hydrogen-bond donors (Lipinski definition) is 6. The van der Waals surface area contributed by atoms with Crippen LogP contribution in [0.2, 0.25) is 0 Å². The number of aromatic carboxylic acids is 3. The van der Waals surface area contributed by atoms with Crippen molar-refractivity contribution in [2.75, 3.05) is 33.3 Å². The number of rotatable bonds is 13. The van der Waals surface area contributed by atoms with Crippen molar-refractivity contribution in [3.05, 3.63) is 87.3 Å². The van der Waals surface area contributed by atoms with Crippen LogP contribution in [0.15, 0.2) is 36.1 Å². The number of nitrogens with one attached hydrogen (secondary N) is 2. The Bertz CT molecular complexity index is 2490. The second-order valence-electron chi connectivity index (χ2n) is 13.7. The van der Waals surface area contributed by atoms with Crippen LogP contribution >= 0.6 is 243 Å². The fourth-order valence-electron chi connectivity index (χ4n) is 4.29. The molecule has 532 valence electrons. The summed E-state index contributed by atoms with van der Waals surface area (Å²) in [6.45, 7) is 9.20. The number of alkyl halides is 18. The van der Waals surface area contributed by atoms with E-state index in [1.807, 2.05) is 28.6 Å². The number of aromatic nitrogens is 10. The van der Waals surface area contributed by atoms with Gasteiger partial charge in [-0.1, -0.05) is 211 Å². The van der Waals surface area contributed by atoms with Crippen LogP contribution in [0.5, 0.6) is 0 Å². The zero-order valence-electron chi connectivity index (χ0n) is 50.0. The van der Waals surface area contributed by atoms with Crippen molar-refractivity contribution in [2.45, 2.75) is 80.7 Å². The molecule has 7 N–H and O–H groups in total. The predicted octanol–water partition coefficient (Wildman–Crippen LogP) is 17.3. The molecule has 0 bridgehead atoms. The first-order valence-corrected chi connectivity index (χ1v) is 48.1. The van der Waals surface area contributed by atoms with E-state index in [0.29, 0.717) is 29.5 Å². The number of hydrogen-bond acceptors (Lipinski definition) is 15. The molecule has 0 saturated heterocycles. The number of aryl methyl sites for hydroxylation is 5. The molecule has 5 aromatic rings. The quantitative estimate of drug-likeness (QED) is 0.0121. The van der Waals surface area contributed by atoms with Crippen molar-refractivity contribution < 1.29 is 75.3 Å². The van der Waals surface area contributed by atoms with E-state index in [4.69, 9.17) is 108 Å². The van der Waals surface area contributed by atoms with E-state index < -0.39 is 84.7 Å². The number of ketones is 1. The molecule has 91 heavy (non-hydrogen) atoms. The van der Waals surface area contributed by atoms with Gasteiger partial charge in [-0.15, -0.1) is 0 Å². The van der Waals surface area contributed by atoms with Gasteiger partial charge in [-0.25, -0.2) is 40.7 Å². The number of nitrogens with two attached hydrogens (primary N) is 1. The monoisotopic (exact) mass is 2300 g/mol. The SMILES string of the molecule is C.CC.CC(=O)C(Cl)Cl.CCI.CI.CI.CI.CNN.CNN=C(C)C(Cl)Cl.Cn1cc(C(=O)O)c(C(Cl)Cl)n1.Cn1cc(C(=O)O)c(C(F)F)n1.Cn1cc(C(=O)O)c(C(F)F)n1.Cn1cc(C=O)c(C(Cl)Cl)n1.Cn1cc(C=O)c(C(F)F)n1.[I][V]([I])[I]. The number of hydrazone groups is 1. The third kappa shape index (κ3) is 61.3. The molecular weight excluding hydrogens is 2230 g/mol. The van der Waals surface area contributed by atoms with Gasteiger partial charge in [-0.05, 0) is 40.1 Å². The van der Waals surface area contributed by atoms with Crippen molar-refractivity contribution in [3.63, 3.8) is 0 Å². The molecule has 0 aliphatic rings. The Morgan fingerprint density at radius 1 is 0.560 bits per heavy atom. The number of nitrogens with zero attached hydrogens (tertiary/aromatic N) is 11. The van der Waals surface area contributed by atoms with Crippen LogP contribution in [0, 0.1) is 0 Å². The van der Waals surface area contributed by atoms with Gasteiger partial charge in [0.05, 0.1) is 16.8 Å². The van der Waals surface area contributed by atoms with Crippen LogP contribution < -0.4 is 16.7 Å². The van der Waals surface area contributed by atoms with Gasteiger partial charge in [-0.2, -0.15) is 30.6 Å². The average Bonchev–Trinajstić information content (AvgIpc) is 4.02. The third-order valence-electron chi connectivity index (χ3n) is 7.24. The maximum absolute atomic E-state index is 12.1. The van der Waals surface area contributed by atoms with E-state index >= 15 is 0 Å². The second-order valence-corrected chi connectivity index (χ2v) is 55.0. The Morgan fingerprint density at radius 3 is 0.912 bits per heavy atom.